The van der Waals surface area contributed by atoms with Crippen molar-refractivity contribution >= 4 is 64.6 Å². The van der Waals surface area contributed by atoms with Crippen molar-refractivity contribution in [1.29, 1.82) is 0 Å². The molecule has 0 heterocycles. The van der Waals surface area contributed by atoms with E-state index in [9.17, 15) is 0 Å². The minimum absolute atomic E-state index is 1.26. The molecule has 46 heavy (non-hydrogen) atoms. The standard InChI is InChI=1S/C46H28/c1-4-16-33-29(10-1)13-7-19-36(33)39-24-22-32-23-25-41-43(37-20-8-14-30-11-2-5-17-34(30)37)28-44(42-27-26-40(39)45(32)46(41)42)38-21-9-15-31-12-3-6-18-35(31)38/h1-28H. The van der Waals surface area contributed by atoms with Crippen LogP contribution >= 0.6 is 0 Å². The lowest BCUT2D eigenvalue weighted by Crippen LogP contribution is -1.93. The van der Waals surface area contributed by atoms with E-state index in [0.717, 1.165) is 0 Å². The minimum atomic E-state index is 1.26. The van der Waals surface area contributed by atoms with Crippen LogP contribution in [0.5, 0.6) is 0 Å². The maximum Gasteiger partial charge on any atom is -0.00141 e. The van der Waals surface area contributed by atoms with Gasteiger partial charge in [0.25, 0.3) is 0 Å². The van der Waals surface area contributed by atoms with E-state index in [2.05, 4.69) is 170 Å². The average molecular weight is 581 g/mol. The summed E-state index contributed by atoms with van der Waals surface area (Å²) in [5.74, 6) is 0. The monoisotopic (exact) mass is 580 g/mol. The van der Waals surface area contributed by atoms with Gasteiger partial charge in [-0.1, -0.05) is 164 Å². The molecule has 0 aliphatic heterocycles. The largest absolute Gasteiger partial charge is 0.0616 e. The van der Waals surface area contributed by atoms with Crippen LogP contribution in [0.25, 0.3) is 98.0 Å². The van der Waals surface area contributed by atoms with Crippen molar-refractivity contribution < 1.29 is 0 Å². The Bertz CT molecular complexity index is 2680. The predicted molar refractivity (Wildman–Crippen MR) is 199 cm³/mol. The van der Waals surface area contributed by atoms with Gasteiger partial charge in [0.2, 0.25) is 0 Å². The fraction of sp³-hybridized carbons (Fsp3) is 0. The highest BCUT2D eigenvalue weighted by atomic mass is 14.2. The van der Waals surface area contributed by atoms with Gasteiger partial charge in [0, 0.05) is 0 Å². The Kier molecular flexibility index (Phi) is 5.38. The summed E-state index contributed by atoms with van der Waals surface area (Å²) in [6, 6.07) is 62.9. The first-order chi connectivity index (χ1) is 22.8. The second-order valence-corrected chi connectivity index (χ2v) is 12.4. The van der Waals surface area contributed by atoms with Gasteiger partial charge < -0.3 is 0 Å². The summed E-state index contributed by atoms with van der Waals surface area (Å²) in [4.78, 5) is 0. The van der Waals surface area contributed by atoms with Crippen LogP contribution in [0.2, 0.25) is 0 Å². The van der Waals surface area contributed by atoms with Crippen molar-refractivity contribution in [2.24, 2.45) is 0 Å². The van der Waals surface area contributed by atoms with Crippen LogP contribution in [0, 0.1) is 0 Å². The van der Waals surface area contributed by atoms with Gasteiger partial charge in [-0.25, -0.2) is 0 Å². The van der Waals surface area contributed by atoms with Gasteiger partial charge in [-0.2, -0.15) is 0 Å². The molecular weight excluding hydrogens is 553 g/mol. The summed E-state index contributed by atoms with van der Waals surface area (Å²) < 4.78 is 0. The zero-order valence-electron chi connectivity index (χ0n) is 25.2. The molecule has 0 bridgehead atoms. The van der Waals surface area contributed by atoms with Crippen LogP contribution in [0.3, 0.4) is 0 Å². The molecule has 0 fully saturated rings. The van der Waals surface area contributed by atoms with E-state index in [0.29, 0.717) is 0 Å². The van der Waals surface area contributed by atoms with Crippen molar-refractivity contribution in [3.8, 4) is 33.4 Å². The Morgan fingerprint density at radius 2 is 0.565 bits per heavy atom. The molecule has 0 nitrogen and oxygen atoms in total. The van der Waals surface area contributed by atoms with E-state index >= 15 is 0 Å². The first kappa shape index (κ1) is 25.4. The summed E-state index contributed by atoms with van der Waals surface area (Å²) >= 11 is 0. The topological polar surface area (TPSA) is 0 Å². The van der Waals surface area contributed by atoms with E-state index in [4.69, 9.17) is 0 Å². The van der Waals surface area contributed by atoms with Crippen LogP contribution in [0.15, 0.2) is 170 Å². The molecule has 0 atom stereocenters. The fourth-order valence-corrected chi connectivity index (χ4v) is 7.96. The van der Waals surface area contributed by atoms with Gasteiger partial charge in [-0.05, 0) is 104 Å². The van der Waals surface area contributed by atoms with Crippen LogP contribution in [0.1, 0.15) is 0 Å². The van der Waals surface area contributed by atoms with Crippen molar-refractivity contribution in [3.05, 3.63) is 170 Å². The van der Waals surface area contributed by atoms with Gasteiger partial charge in [0.15, 0.2) is 0 Å². The van der Waals surface area contributed by atoms with Crippen molar-refractivity contribution in [1.82, 2.24) is 0 Å². The van der Waals surface area contributed by atoms with Gasteiger partial charge in [-0.3, -0.25) is 0 Å². The smallest absolute Gasteiger partial charge is 0.00141 e. The van der Waals surface area contributed by atoms with Crippen LogP contribution in [-0.2, 0) is 0 Å². The third-order valence-corrected chi connectivity index (χ3v) is 10.0. The second kappa shape index (κ2) is 9.76. The van der Waals surface area contributed by atoms with E-state index in [1.807, 2.05) is 0 Å². The molecule has 0 saturated carbocycles. The predicted octanol–water partition coefficient (Wildman–Crippen LogP) is 13.0. The average Bonchev–Trinajstić information content (AvgIpc) is 3.13. The van der Waals surface area contributed by atoms with Crippen molar-refractivity contribution in [3.63, 3.8) is 0 Å². The Morgan fingerprint density at radius 3 is 1.09 bits per heavy atom. The van der Waals surface area contributed by atoms with Gasteiger partial charge in [0.05, 0.1) is 0 Å². The molecule has 0 aliphatic rings. The maximum atomic E-state index is 2.46. The molecule has 212 valence electrons. The van der Waals surface area contributed by atoms with Crippen molar-refractivity contribution in [2.45, 2.75) is 0 Å². The van der Waals surface area contributed by atoms with E-state index in [1.165, 1.54) is 98.0 Å². The SMILES string of the molecule is c1ccc2c(-c3ccc4ccc5c(-c6cccc7ccccc67)cc(-c6cccc7ccccc67)c6ccc3c4c56)cccc2c1. The lowest BCUT2D eigenvalue weighted by atomic mass is 9.82. The van der Waals surface area contributed by atoms with Crippen molar-refractivity contribution in [2.75, 3.05) is 0 Å². The van der Waals surface area contributed by atoms with Gasteiger partial charge in [0.1, 0.15) is 0 Å². The Morgan fingerprint density at radius 1 is 0.196 bits per heavy atom. The van der Waals surface area contributed by atoms with Gasteiger partial charge >= 0.3 is 0 Å². The zero-order valence-corrected chi connectivity index (χ0v) is 25.2. The normalized spacial score (nSPS) is 11.9. The molecule has 0 aromatic heterocycles. The third kappa shape index (κ3) is 3.62. The number of hydrogen-bond donors (Lipinski definition) is 0. The molecule has 10 aromatic rings. The molecule has 0 aliphatic carbocycles. The highest BCUT2D eigenvalue weighted by Gasteiger charge is 2.20. The molecule has 0 spiro atoms. The molecule has 0 N–H and O–H groups in total. The lowest BCUT2D eigenvalue weighted by molar-refractivity contribution is 1.67. The summed E-state index contributed by atoms with van der Waals surface area (Å²) in [6.07, 6.45) is 0. The minimum Gasteiger partial charge on any atom is -0.0616 e. The third-order valence-electron chi connectivity index (χ3n) is 10.0. The molecule has 0 saturated heterocycles. The summed E-state index contributed by atoms with van der Waals surface area (Å²) in [5, 5.41) is 15.5. The summed E-state index contributed by atoms with van der Waals surface area (Å²) in [5.41, 5.74) is 7.65. The Labute approximate surface area is 267 Å². The van der Waals surface area contributed by atoms with Crippen LogP contribution < -0.4 is 0 Å². The number of fused-ring (bicyclic) bond motifs is 3. The summed E-state index contributed by atoms with van der Waals surface area (Å²) in [7, 11) is 0. The zero-order chi connectivity index (χ0) is 30.2. The molecule has 0 unspecified atom stereocenters. The number of benzene rings is 10. The Balaban J connectivity index is 1.39. The molecule has 0 heteroatoms. The number of rotatable bonds is 3. The van der Waals surface area contributed by atoms with E-state index < -0.39 is 0 Å². The first-order valence-corrected chi connectivity index (χ1v) is 16.0. The molecular formula is C46H28. The fourth-order valence-electron chi connectivity index (χ4n) is 7.96. The van der Waals surface area contributed by atoms with E-state index in [1.54, 1.807) is 0 Å². The molecule has 0 amide bonds. The molecule has 10 aromatic carbocycles. The second-order valence-electron chi connectivity index (χ2n) is 12.4. The van der Waals surface area contributed by atoms with Crippen LogP contribution in [-0.4, -0.2) is 0 Å². The van der Waals surface area contributed by atoms with Gasteiger partial charge in [-0.15, -0.1) is 0 Å². The number of hydrogen-bond acceptors (Lipinski definition) is 0. The molecule has 10 rings (SSSR count). The quantitative estimate of drug-likeness (QED) is 0.182. The highest BCUT2D eigenvalue weighted by Crippen LogP contribution is 2.48. The van der Waals surface area contributed by atoms with Crippen LogP contribution in [0.4, 0.5) is 0 Å². The summed E-state index contributed by atoms with van der Waals surface area (Å²) in [6.45, 7) is 0. The molecule has 0 radical (unpaired) electrons. The lowest BCUT2D eigenvalue weighted by Gasteiger charge is -2.21. The highest BCUT2D eigenvalue weighted by molar-refractivity contribution is 6.31. The first-order valence-electron chi connectivity index (χ1n) is 16.0. The van der Waals surface area contributed by atoms with E-state index in [-0.39, 0.29) is 0 Å². The maximum absolute atomic E-state index is 2.46. The Hall–Kier alpha value is -5.98.